The topological polar surface area (TPSA) is 21.3 Å². The van der Waals surface area contributed by atoms with Crippen molar-refractivity contribution in [3.05, 3.63) is 11.8 Å². The van der Waals surface area contributed by atoms with Crippen molar-refractivity contribution >= 4 is 0 Å². The molecule has 1 unspecified atom stereocenters. The molecule has 1 N–H and O–H groups in total. The van der Waals surface area contributed by atoms with Crippen molar-refractivity contribution in [2.75, 3.05) is 13.2 Å². The standard InChI is InChI=1S/C13H25NO/c1-3-5-8-12(14-10-4-2)13-9-6-7-11-15-13/h9,12,14H,3-8,10-11H2,1-2H3. The second-order valence-corrected chi connectivity index (χ2v) is 4.25. The molecule has 0 aromatic rings. The average molecular weight is 211 g/mol. The summed E-state index contributed by atoms with van der Waals surface area (Å²) in [4.78, 5) is 0. The van der Waals surface area contributed by atoms with Crippen LogP contribution in [0.4, 0.5) is 0 Å². The Balaban J connectivity index is 2.41. The first-order valence-corrected chi connectivity index (χ1v) is 6.44. The van der Waals surface area contributed by atoms with E-state index >= 15 is 0 Å². The van der Waals surface area contributed by atoms with Crippen molar-refractivity contribution in [2.24, 2.45) is 0 Å². The molecule has 0 saturated carbocycles. The van der Waals surface area contributed by atoms with Gasteiger partial charge in [0.1, 0.15) is 5.76 Å². The highest BCUT2D eigenvalue weighted by molar-refractivity contribution is 5.05. The van der Waals surface area contributed by atoms with E-state index in [1.54, 1.807) is 0 Å². The predicted molar refractivity (Wildman–Crippen MR) is 64.9 cm³/mol. The molecule has 88 valence electrons. The fourth-order valence-corrected chi connectivity index (χ4v) is 1.89. The first-order valence-electron chi connectivity index (χ1n) is 6.44. The Morgan fingerprint density at radius 2 is 2.27 bits per heavy atom. The van der Waals surface area contributed by atoms with Gasteiger partial charge in [0.2, 0.25) is 0 Å². The lowest BCUT2D eigenvalue weighted by molar-refractivity contribution is 0.164. The molecule has 1 atom stereocenters. The van der Waals surface area contributed by atoms with Crippen LogP contribution in [0.15, 0.2) is 11.8 Å². The molecule has 15 heavy (non-hydrogen) atoms. The summed E-state index contributed by atoms with van der Waals surface area (Å²) < 4.78 is 5.73. The minimum absolute atomic E-state index is 0.463. The third kappa shape index (κ3) is 4.70. The van der Waals surface area contributed by atoms with Gasteiger partial charge in [0.05, 0.1) is 12.6 Å². The normalized spacial score (nSPS) is 18.1. The van der Waals surface area contributed by atoms with Crippen molar-refractivity contribution in [1.29, 1.82) is 0 Å². The highest BCUT2D eigenvalue weighted by Crippen LogP contribution is 2.17. The smallest absolute Gasteiger partial charge is 0.109 e. The molecule has 1 heterocycles. The van der Waals surface area contributed by atoms with Crippen LogP contribution in [0.5, 0.6) is 0 Å². The summed E-state index contributed by atoms with van der Waals surface area (Å²) >= 11 is 0. The van der Waals surface area contributed by atoms with Gasteiger partial charge in [-0.3, -0.25) is 0 Å². The third-order valence-electron chi connectivity index (χ3n) is 2.79. The molecule has 2 heteroatoms. The fraction of sp³-hybridized carbons (Fsp3) is 0.846. The quantitative estimate of drug-likeness (QED) is 0.698. The van der Waals surface area contributed by atoms with Crippen LogP contribution in [0, 0.1) is 0 Å². The summed E-state index contributed by atoms with van der Waals surface area (Å²) in [5.74, 6) is 1.20. The predicted octanol–water partition coefficient (Wildman–Crippen LogP) is 3.24. The molecule has 0 aromatic heterocycles. The Hall–Kier alpha value is -0.500. The molecule has 0 spiro atoms. The Labute approximate surface area is 94.1 Å². The summed E-state index contributed by atoms with van der Waals surface area (Å²) in [6, 6.07) is 0.463. The molecule has 0 saturated heterocycles. The van der Waals surface area contributed by atoms with E-state index in [-0.39, 0.29) is 0 Å². The first-order chi connectivity index (χ1) is 7.38. The van der Waals surface area contributed by atoms with Crippen LogP contribution in [0.2, 0.25) is 0 Å². The number of ether oxygens (including phenoxy) is 1. The number of unbranched alkanes of at least 4 members (excludes halogenated alkanes) is 1. The van der Waals surface area contributed by atoms with Crippen LogP contribution < -0.4 is 5.32 Å². The van der Waals surface area contributed by atoms with Crippen molar-refractivity contribution < 1.29 is 4.74 Å². The molecule has 0 radical (unpaired) electrons. The number of allylic oxidation sites excluding steroid dienone is 1. The zero-order valence-corrected chi connectivity index (χ0v) is 10.2. The van der Waals surface area contributed by atoms with E-state index in [4.69, 9.17) is 4.74 Å². The van der Waals surface area contributed by atoms with Gasteiger partial charge in [-0.25, -0.2) is 0 Å². The maximum absolute atomic E-state index is 5.73. The number of rotatable bonds is 7. The Morgan fingerprint density at radius 1 is 1.40 bits per heavy atom. The van der Waals surface area contributed by atoms with Gasteiger partial charge in [-0.05, 0) is 38.3 Å². The van der Waals surface area contributed by atoms with Crippen LogP contribution in [0.25, 0.3) is 0 Å². The maximum atomic E-state index is 5.73. The van der Waals surface area contributed by atoms with Crippen LogP contribution >= 0.6 is 0 Å². The van der Waals surface area contributed by atoms with Crippen LogP contribution in [-0.2, 0) is 4.74 Å². The molecule has 0 amide bonds. The van der Waals surface area contributed by atoms with E-state index < -0.39 is 0 Å². The van der Waals surface area contributed by atoms with Gasteiger partial charge in [-0.2, -0.15) is 0 Å². The minimum Gasteiger partial charge on any atom is -0.497 e. The van der Waals surface area contributed by atoms with E-state index in [9.17, 15) is 0 Å². The number of nitrogens with one attached hydrogen (secondary N) is 1. The molecule has 0 fully saturated rings. The van der Waals surface area contributed by atoms with Gasteiger partial charge in [-0.15, -0.1) is 0 Å². The zero-order chi connectivity index (χ0) is 10.9. The Kier molecular flexibility index (Phi) is 6.49. The van der Waals surface area contributed by atoms with Gasteiger partial charge in [0.25, 0.3) is 0 Å². The second-order valence-electron chi connectivity index (χ2n) is 4.25. The summed E-state index contributed by atoms with van der Waals surface area (Å²) in [6.45, 7) is 6.45. The summed E-state index contributed by atoms with van der Waals surface area (Å²) in [5, 5.41) is 3.58. The molecule has 0 aliphatic carbocycles. The van der Waals surface area contributed by atoms with E-state index in [0.29, 0.717) is 6.04 Å². The molecular weight excluding hydrogens is 186 g/mol. The summed E-state index contributed by atoms with van der Waals surface area (Å²) in [7, 11) is 0. The molecule has 0 bridgehead atoms. The van der Waals surface area contributed by atoms with Gasteiger partial charge in [0.15, 0.2) is 0 Å². The van der Waals surface area contributed by atoms with Crippen LogP contribution in [-0.4, -0.2) is 19.2 Å². The fourth-order valence-electron chi connectivity index (χ4n) is 1.89. The largest absolute Gasteiger partial charge is 0.497 e. The lowest BCUT2D eigenvalue weighted by Gasteiger charge is -2.24. The SMILES string of the molecule is CCCCC(NCCC)C1=CCCCO1. The number of hydrogen-bond acceptors (Lipinski definition) is 2. The van der Waals surface area contributed by atoms with Crippen molar-refractivity contribution in [3.63, 3.8) is 0 Å². The monoisotopic (exact) mass is 211 g/mol. The van der Waals surface area contributed by atoms with Crippen molar-refractivity contribution in [1.82, 2.24) is 5.32 Å². The lowest BCUT2D eigenvalue weighted by Crippen LogP contribution is -2.33. The minimum atomic E-state index is 0.463. The lowest BCUT2D eigenvalue weighted by atomic mass is 10.1. The molecule has 2 nitrogen and oxygen atoms in total. The van der Waals surface area contributed by atoms with E-state index in [1.807, 2.05) is 0 Å². The first kappa shape index (κ1) is 12.6. The molecule has 1 aliphatic rings. The maximum Gasteiger partial charge on any atom is 0.109 e. The van der Waals surface area contributed by atoms with Crippen LogP contribution in [0.1, 0.15) is 52.4 Å². The van der Waals surface area contributed by atoms with Gasteiger partial charge in [0, 0.05) is 0 Å². The summed E-state index contributed by atoms with van der Waals surface area (Å²) in [6.07, 6.45) is 9.58. The Morgan fingerprint density at radius 3 is 2.87 bits per heavy atom. The average Bonchev–Trinajstić information content (AvgIpc) is 2.30. The van der Waals surface area contributed by atoms with Crippen molar-refractivity contribution in [2.45, 2.75) is 58.4 Å². The van der Waals surface area contributed by atoms with E-state index in [2.05, 4.69) is 25.2 Å². The third-order valence-corrected chi connectivity index (χ3v) is 2.79. The molecule has 1 aliphatic heterocycles. The van der Waals surface area contributed by atoms with Gasteiger partial charge >= 0.3 is 0 Å². The highest BCUT2D eigenvalue weighted by atomic mass is 16.5. The molecule has 0 aromatic carbocycles. The van der Waals surface area contributed by atoms with Crippen LogP contribution in [0.3, 0.4) is 0 Å². The Bertz CT molecular complexity index is 181. The van der Waals surface area contributed by atoms with E-state index in [1.165, 1.54) is 44.3 Å². The molecule has 1 rings (SSSR count). The van der Waals surface area contributed by atoms with Crippen molar-refractivity contribution in [3.8, 4) is 0 Å². The van der Waals surface area contributed by atoms with E-state index in [0.717, 1.165) is 13.2 Å². The zero-order valence-electron chi connectivity index (χ0n) is 10.2. The summed E-state index contributed by atoms with van der Waals surface area (Å²) in [5.41, 5.74) is 0. The number of hydrogen-bond donors (Lipinski definition) is 1. The second kappa shape index (κ2) is 7.75. The van der Waals surface area contributed by atoms with Gasteiger partial charge < -0.3 is 10.1 Å². The highest BCUT2D eigenvalue weighted by Gasteiger charge is 2.16. The van der Waals surface area contributed by atoms with Gasteiger partial charge in [-0.1, -0.05) is 26.7 Å². The molecular formula is C13H25NO.